The summed E-state index contributed by atoms with van der Waals surface area (Å²) >= 11 is 0. The highest BCUT2D eigenvalue weighted by molar-refractivity contribution is 5.95. The number of hydrogen-bond acceptors (Lipinski definition) is 4. The minimum absolute atomic E-state index is 0.165. The summed E-state index contributed by atoms with van der Waals surface area (Å²) in [6.07, 6.45) is 0. The molecule has 3 rings (SSSR count). The van der Waals surface area contributed by atoms with Crippen molar-refractivity contribution in [3.05, 3.63) is 64.5 Å². The number of rotatable bonds is 7. The minimum Gasteiger partial charge on any atom is -0.507 e. The maximum absolute atomic E-state index is 12.3. The first-order chi connectivity index (χ1) is 13.3. The molecule has 2 aromatic carbocycles. The second kappa shape index (κ2) is 8.61. The Kier molecular flexibility index (Phi) is 6.20. The van der Waals surface area contributed by atoms with E-state index < -0.39 is 5.63 Å². The number of hydrogen-bond donors (Lipinski definition) is 1. The van der Waals surface area contributed by atoms with Crippen molar-refractivity contribution in [1.29, 1.82) is 0 Å². The summed E-state index contributed by atoms with van der Waals surface area (Å²) in [6.45, 7) is 11.1. The van der Waals surface area contributed by atoms with Gasteiger partial charge in [0.05, 0.1) is 5.56 Å². The molecule has 148 valence electrons. The molecule has 0 amide bonds. The number of phenolic OH excluding ortho intramolecular Hbond substituents is 1. The molecular weight excluding hydrogens is 350 g/mol. The Hall–Kier alpha value is -2.59. The molecule has 0 spiro atoms. The van der Waals surface area contributed by atoms with Crippen LogP contribution in [0.1, 0.15) is 33.3 Å². The zero-order valence-corrected chi connectivity index (χ0v) is 17.1. The van der Waals surface area contributed by atoms with Crippen LogP contribution in [0, 0.1) is 11.8 Å². The van der Waals surface area contributed by atoms with Crippen LogP contribution in [0.2, 0.25) is 0 Å². The fraction of sp³-hybridized carbons (Fsp3) is 0.375. The fourth-order valence-electron chi connectivity index (χ4n) is 3.74. The largest absolute Gasteiger partial charge is 0.507 e. The molecule has 0 bridgehead atoms. The van der Waals surface area contributed by atoms with Crippen molar-refractivity contribution in [2.24, 2.45) is 11.8 Å². The first-order valence-corrected chi connectivity index (χ1v) is 9.91. The van der Waals surface area contributed by atoms with Crippen LogP contribution in [-0.4, -0.2) is 23.1 Å². The molecule has 1 heterocycles. The van der Waals surface area contributed by atoms with Crippen molar-refractivity contribution < 1.29 is 9.52 Å². The number of benzene rings is 2. The Bertz CT molecular complexity index is 980. The molecule has 0 aliphatic heterocycles. The molecule has 0 saturated carbocycles. The smallest absolute Gasteiger partial charge is 0.336 e. The van der Waals surface area contributed by atoms with Gasteiger partial charge in [-0.1, -0.05) is 58.0 Å². The Morgan fingerprint density at radius 3 is 2.21 bits per heavy atom. The van der Waals surface area contributed by atoms with Gasteiger partial charge in [0.2, 0.25) is 0 Å². The molecule has 0 unspecified atom stereocenters. The maximum atomic E-state index is 12.3. The number of fused-ring (bicyclic) bond motifs is 1. The molecular formula is C24H29NO3. The van der Waals surface area contributed by atoms with E-state index in [1.165, 1.54) is 6.07 Å². The van der Waals surface area contributed by atoms with Crippen LogP contribution in [0.25, 0.3) is 22.1 Å². The summed E-state index contributed by atoms with van der Waals surface area (Å²) in [7, 11) is 0. The van der Waals surface area contributed by atoms with Crippen molar-refractivity contribution in [1.82, 2.24) is 4.90 Å². The molecule has 4 nitrogen and oxygen atoms in total. The van der Waals surface area contributed by atoms with Gasteiger partial charge in [-0.15, -0.1) is 0 Å². The maximum Gasteiger partial charge on any atom is 0.336 e. The summed E-state index contributed by atoms with van der Waals surface area (Å²) in [6, 6.07) is 14.9. The molecule has 1 aromatic heterocycles. The summed E-state index contributed by atoms with van der Waals surface area (Å²) in [5.41, 5.74) is 2.53. The summed E-state index contributed by atoms with van der Waals surface area (Å²) < 4.78 is 5.60. The number of aromatic hydroxyl groups is 1. The van der Waals surface area contributed by atoms with Crippen molar-refractivity contribution >= 4 is 11.0 Å². The Morgan fingerprint density at radius 2 is 1.61 bits per heavy atom. The van der Waals surface area contributed by atoms with E-state index in [4.69, 9.17) is 4.42 Å². The van der Waals surface area contributed by atoms with Gasteiger partial charge in [0.25, 0.3) is 0 Å². The average molecular weight is 380 g/mol. The highest BCUT2D eigenvalue weighted by Crippen LogP contribution is 2.34. The molecule has 4 heteroatoms. The van der Waals surface area contributed by atoms with E-state index >= 15 is 0 Å². The number of nitrogens with zero attached hydrogens (tertiary/aromatic N) is 1. The predicted octanol–water partition coefficient (Wildman–Crippen LogP) is 5.28. The normalized spacial score (nSPS) is 11.8. The predicted molar refractivity (Wildman–Crippen MR) is 115 cm³/mol. The van der Waals surface area contributed by atoms with Gasteiger partial charge < -0.3 is 9.52 Å². The lowest BCUT2D eigenvalue weighted by Crippen LogP contribution is -2.31. The second-order valence-corrected chi connectivity index (χ2v) is 8.27. The average Bonchev–Trinajstić information content (AvgIpc) is 2.63. The van der Waals surface area contributed by atoms with Crippen LogP contribution < -0.4 is 5.63 Å². The Balaban J connectivity index is 2.13. The first-order valence-electron chi connectivity index (χ1n) is 9.91. The van der Waals surface area contributed by atoms with Gasteiger partial charge in [0.15, 0.2) is 0 Å². The monoisotopic (exact) mass is 379 g/mol. The zero-order chi connectivity index (χ0) is 20.3. The summed E-state index contributed by atoms with van der Waals surface area (Å²) in [5, 5.41) is 11.4. The lowest BCUT2D eigenvalue weighted by molar-refractivity contribution is 0.209. The van der Waals surface area contributed by atoms with Crippen LogP contribution in [-0.2, 0) is 6.54 Å². The fourth-order valence-corrected chi connectivity index (χ4v) is 3.74. The quantitative estimate of drug-likeness (QED) is 0.568. The molecule has 28 heavy (non-hydrogen) atoms. The van der Waals surface area contributed by atoms with Crippen LogP contribution in [0.15, 0.2) is 57.7 Å². The molecule has 0 saturated heterocycles. The van der Waals surface area contributed by atoms with Gasteiger partial charge in [-0.25, -0.2) is 4.79 Å². The van der Waals surface area contributed by atoms with E-state index in [0.29, 0.717) is 29.5 Å². The minimum atomic E-state index is -0.405. The topological polar surface area (TPSA) is 53.7 Å². The van der Waals surface area contributed by atoms with E-state index in [-0.39, 0.29) is 5.75 Å². The van der Waals surface area contributed by atoms with E-state index in [0.717, 1.165) is 29.6 Å². The summed E-state index contributed by atoms with van der Waals surface area (Å²) in [4.78, 5) is 14.6. The van der Waals surface area contributed by atoms with Gasteiger partial charge in [0.1, 0.15) is 11.3 Å². The van der Waals surface area contributed by atoms with Gasteiger partial charge in [-0.05, 0) is 35.1 Å². The third-order valence-corrected chi connectivity index (χ3v) is 4.70. The van der Waals surface area contributed by atoms with Crippen molar-refractivity contribution in [3.63, 3.8) is 0 Å². The van der Waals surface area contributed by atoms with Gasteiger partial charge >= 0.3 is 5.63 Å². The van der Waals surface area contributed by atoms with E-state index in [9.17, 15) is 9.90 Å². The Labute approximate surface area is 166 Å². The third-order valence-electron chi connectivity index (χ3n) is 4.70. The van der Waals surface area contributed by atoms with E-state index in [1.54, 1.807) is 6.07 Å². The standard InChI is InChI=1S/C24H29NO3/c1-16(2)13-25(14-17(3)4)15-21-22(26)11-10-19-20(12-23(27)28-24(19)21)18-8-6-5-7-9-18/h5-12,16-17,26H,13-15H2,1-4H3. The Morgan fingerprint density at radius 1 is 0.964 bits per heavy atom. The second-order valence-electron chi connectivity index (χ2n) is 8.27. The molecule has 3 aromatic rings. The molecule has 0 fully saturated rings. The van der Waals surface area contributed by atoms with Crippen LogP contribution in [0.5, 0.6) is 5.75 Å². The van der Waals surface area contributed by atoms with Crippen molar-refractivity contribution in [3.8, 4) is 16.9 Å². The molecule has 0 aliphatic rings. The van der Waals surface area contributed by atoms with Crippen molar-refractivity contribution in [2.45, 2.75) is 34.2 Å². The highest BCUT2D eigenvalue weighted by atomic mass is 16.4. The third kappa shape index (κ3) is 4.63. The molecule has 0 radical (unpaired) electrons. The first kappa shape index (κ1) is 20.2. The van der Waals surface area contributed by atoms with Crippen molar-refractivity contribution in [2.75, 3.05) is 13.1 Å². The lowest BCUT2D eigenvalue weighted by atomic mass is 9.99. The van der Waals surface area contributed by atoms with E-state index in [1.807, 2.05) is 36.4 Å². The zero-order valence-electron chi connectivity index (χ0n) is 17.1. The lowest BCUT2D eigenvalue weighted by Gasteiger charge is -2.26. The van der Waals surface area contributed by atoms with Crippen LogP contribution in [0.4, 0.5) is 0 Å². The van der Waals surface area contributed by atoms with Gasteiger partial charge in [0, 0.05) is 31.1 Å². The highest BCUT2D eigenvalue weighted by Gasteiger charge is 2.18. The van der Waals surface area contributed by atoms with E-state index in [2.05, 4.69) is 32.6 Å². The number of phenols is 1. The summed E-state index contributed by atoms with van der Waals surface area (Å²) in [5.74, 6) is 1.17. The van der Waals surface area contributed by atoms with Gasteiger partial charge in [-0.3, -0.25) is 4.90 Å². The molecule has 0 atom stereocenters. The van der Waals surface area contributed by atoms with Gasteiger partial charge in [-0.2, -0.15) is 0 Å². The van der Waals surface area contributed by atoms with Crippen LogP contribution >= 0.6 is 0 Å². The molecule has 1 N–H and O–H groups in total. The van der Waals surface area contributed by atoms with Crippen LogP contribution in [0.3, 0.4) is 0 Å². The molecule has 0 aliphatic carbocycles. The SMILES string of the molecule is CC(C)CN(Cc1c(O)ccc2c(-c3ccccc3)cc(=O)oc12)CC(C)C.